The summed E-state index contributed by atoms with van der Waals surface area (Å²) in [4.78, 5) is 69.7. The molecule has 28 heteroatoms. The zero-order chi connectivity index (χ0) is 100. The fourth-order valence-electron chi connectivity index (χ4n) is 13.4. The van der Waals surface area contributed by atoms with Crippen LogP contribution in [-0.2, 0) is 68.1 Å². The molecule has 137 heavy (non-hydrogen) atoms. The molecule has 0 unspecified atom stereocenters. The Morgan fingerprint density at radius 2 is 0.533 bits per heavy atom. The van der Waals surface area contributed by atoms with Gasteiger partial charge in [0.1, 0.15) is 80.0 Å². The molecule has 0 radical (unpaired) electrons. The largest absolute Gasteiger partial charge is 0.489 e. The molecule has 0 heterocycles. The molecular formula is C109H124BrClFIN6O18. The van der Waals surface area contributed by atoms with Gasteiger partial charge < -0.3 is 56.8 Å². The summed E-state index contributed by atoms with van der Waals surface area (Å²) < 4.78 is 80.7. The number of rotatable bonds is 30. The van der Waals surface area contributed by atoms with Crippen molar-refractivity contribution in [3.63, 3.8) is 0 Å². The topological polar surface area (TPSA) is 285 Å². The number of aryl methyl sites for hydroxylation is 13. The minimum atomic E-state index is -0.620. The van der Waals surface area contributed by atoms with Crippen LogP contribution in [0.3, 0.4) is 0 Å². The Balaban J connectivity index is 0.000000224. The van der Waals surface area contributed by atoms with Gasteiger partial charge in [-0.1, -0.05) is 188 Å². The lowest BCUT2D eigenvalue weighted by Crippen LogP contribution is -2.16. The van der Waals surface area contributed by atoms with E-state index in [2.05, 4.69) is 122 Å². The van der Waals surface area contributed by atoms with Gasteiger partial charge in [0.15, 0.2) is 0 Å². The lowest BCUT2D eigenvalue weighted by atomic mass is 10.1. The normalized spacial score (nSPS) is 10.2. The summed E-state index contributed by atoms with van der Waals surface area (Å²) in [6.45, 7) is 40.4. The molecule has 12 aromatic carbocycles. The fourth-order valence-corrected chi connectivity index (χ4v) is 14.8. The third-order valence-corrected chi connectivity index (χ3v) is 22.3. The standard InChI is InChI=1S/C19H23NO3.C18H20BrNO3.C18H20ClNO3.C18H20FNO3.C18H20INO3.C18H21NO3/c1-5-22-19(21)20-17-8-6-7-14(3)16(17)12-23-18-10-9-13(2)11-15(18)4;4*1-4-22-18(21)20-16-7-5-6-15(19)14(16)11-23-17-9-8-12(2)10-13(17)3;1-4-21-18(20)19-16-8-6-5-7-15(16)12-22-17-10-9-13(2)11-14(17)3/h6-11H,5,12H2,1-4H3,(H,20,21);4*5-10H,4,11H2,1-3H3,(H,20,21);5-11H,4,12H2,1-3H3,(H,19,20). The van der Waals surface area contributed by atoms with E-state index in [1.807, 2.05) is 227 Å². The van der Waals surface area contributed by atoms with Crippen LogP contribution in [0.4, 0.5) is 67.3 Å². The van der Waals surface area contributed by atoms with Gasteiger partial charge in [-0.05, 0) is 290 Å². The highest BCUT2D eigenvalue weighted by Gasteiger charge is 2.20. The van der Waals surface area contributed by atoms with E-state index in [1.165, 1.54) is 39.9 Å². The number of para-hydroxylation sites is 1. The maximum absolute atomic E-state index is 14.1. The first-order valence-corrected chi connectivity index (χ1v) is 47.0. The summed E-state index contributed by atoms with van der Waals surface area (Å²) in [5.41, 5.74) is 22.9. The van der Waals surface area contributed by atoms with E-state index in [9.17, 15) is 33.2 Å². The zero-order valence-corrected chi connectivity index (χ0v) is 85.7. The monoisotopic (exact) mass is 2060 g/mol. The molecule has 0 aliphatic rings. The molecule has 0 saturated heterocycles. The summed E-state index contributed by atoms with van der Waals surface area (Å²) in [6.07, 6.45) is -2.97. The predicted molar refractivity (Wildman–Crippen MR) is 554 cm³/mol. The van der Waals surface area contributed by atoms with Crippen molar-refractivity contribution in [1.29, 1.82) is 0 Å². The Hall–Kier alpha value is -13.5. The smallest absolute Gasteiger partial charge is 0.411 e. The molecule has 6 N–H and O–H groups in total. The maximum atomic E-state index is 14.1. The highest BCUT2D eigenvalue weighted by atomic mass is 127. The SMILES string of the molecule is CCOC(=O)Nc1cccc(Br)c1COc1ccc(C)cc1C.CCOC(=O)Nc1cccc(C)c1COc1ccc(C)cc1C.CCOC(=O)Nc1cccc(Cl)c1COc1ccc(C)cc1C.CCOC(=O)Nc1cccc(F)c1COc1ccc(C)cc1C.CCOC(=O)Nc1cccc(I)c1COc1ccc(C)cc1C.CCOC(=O)Nc1ccccc1COc1ccc(C)cc1C. The molecule has 12 rings (SSSR count). The molecular weight excluding hydrogens is 1940 g/mol. The number of carbonyl (C=O) groups excluding carboxylic acids is 6. The molecule has 0 atom stereocenters. The van der Waals surface area contributed by atoms with Crippen LogP contribution in [0, 0.1) is 99.4 Å². The first-order chi connectivity index (χ1) is 65.6. The van der Waals surface area contributed by atoms with E-state index in [-0.39, 0.29) is 25.4 Å². The van der Waals surface area contributed by atoms with Gasteiger partial charge in [-0.2, -0.15) is 0 Å². The van der Waals surface area contributed by atoms with Crippen LogP contribution < -0.4 is 60.3 Å². The number of benzene rings is 12. The second-order valence-electron chi connectivity index (χ2n) is 31.2. The van der Waals surface area contributed by atoms with Gasteiger partial charge in [0, 0.05) is 46.4 Å². The van der Waals surface area contributed by atoms with Gasteiger partial charge in [0.2, 0.25) is 0 Å². The van der Waals surface area contributed by atoms with Crippen LogP contribution in [0.2, 0.25) is 5.02 Å². The Labute approximate surface area is 831 Å². The van der Waals surface area contributed by atoms with E-state index >= 15 is 0 Å². The van der Waals surface area contributed by atoms with Crippen LogP contribution >= 0.6 is 50.1 Å². The summed E-state index contributed by atoms with van der Waals surface area (Å²) in [5.74, 6) is 4.39. The number of hydrogen-bond acceptors (Lipinski definition) is 18. The predicted octanol–water partition coefficient (Wildman–Crippen LogP) is 29.2. The molecule has 6 amide bonds. The van der Waals surface area contributed by atoms with E-state index in [1.54, 1.807) is 65.8 Å². The van der Waals surface area contributed by atoms with Gasteiger partial charge in [-0.15, -0.1) is 0 Å². The van der Waals surface area contributed by atoms with Crippen LogP contribution in [0.5, 0.6) is 34.5 Å². The summed E-state index contributed by atoms with van der Waals surface area (Å²) in [7, 11) is 0. The Kier molecular flexibility index (Phi) is 46.8. The average Bonchev–Trinajstić information content (AvgIpc) is 0.846. The molecule has 0 aliphatic heterocycles. The number of carbonyl (C=O) groups is 6. The Morgan fingerprint density at radius 1 is 0.277 bits per heavy atom. The van der Waals surface area contributed by atoms with E-state index < -0.39 is 42.4 Å². The van der Waals surface area contributed by atoms with Gasteiger partial charge in [0.05, 0.1) is 73.8 Å². The molecule has 726 valence electrons. The highest BCUT2D eigenvalue weighted by Crippen LogP contribution is 2.34. The van der Waals surface area contributed by atoms with Gasteiger partial charge in [-0.3, -0.25) is 31.9 Å². The molecule has 24 nitrogen and oxygen atoms in total. The van der Waals surface area contributed by atoms with E-state index in [0.29, 0.717) is 110 Å². The third kappa shape index (κ3) is 37.6. The first kappa shape index (κ1) is 110. The number of ether oxygens (including phenoxy) is 12. The van der Waals surface area contributed by atoms with E-state index in [0.717, 1.165) is 104 Å². The Morgan fingerprint density at radius 3 is 0.891 bits per heavy atom. The van der Waals surface area contributed by atoms with Gasteiger partial charge >= 0.3 is 36.6 Å². The van der Waals surface area contributed by atoms with Crippen molar-refractivity contribution < 1.29 is 90.0 Å². The average molecular weight is 2070 g/mol. The van der Waals surface area contributed by atoms with Gasteiger partial charge in [0.25, 0.3) is 0 Å². The number of hydrogen-bond donors (Lipinski definition) is 6. The quantitative estimate of drug-likeness (QED) is 0.0180. The van der Waals surface area contributed by atoms with E-state index in [4.69, 9.17) is 68.4 Å². The second-order valence-corrected chi connectivity index (χ2v) is 33.7. The minimum absolute atomic E-state index is 0.0122. The molecule has 0 bridgehead atoms. The van der Waals surface area contributed by atoms with Crippen molar-refractivity contribution in [3.8, 4) is 34.5 Å². The molecule has 0 spiro atoms. The zero-order valence-electron chi connectivity index (χ0n) is 81.2. The van der Waals surface area contributed by atoms with Crippen molar-refractivity contribution in [3.05, 3.63) is 349 Å². The van der Waals surface area contributed by atoms with Crippen LogP contribution in [-0.4, -0.2) is 76.2 Å². The number of amides is 6. The summed E-state index contributed by atoms with van der Waals surface area (Å²) >= 11 is 12.0. The van der Waals surface area contributed by atoms with Crippen LogP contribution in [0.25, 0.3) is 0 Å². The van der Waals surface area contributed by atoms with Crippen molar-refractivity contribution >= 4 is 121 Å². The maximum Gasteiger partial charge on any atom is 0.411 e. The van der Waals surface area contributed by atoms with Gasteiger partial charge in [-0.25, -0.2) is 33.2 Å². The molecule has 0 fully saturated rings. The second kappa shape index (κ2) is 58.0. The molecule has 12 aromatic rings. The highest BCUT2D eigenvalue weighted by molar-refractivity contribution is 14.1. The van der Waals surface area contributed by atoms with Crippen molar-refractivity contribution in [2.45, 2.75) is 171 Å². The van der Waals surface area contributed by atoms with Crippen molar-refractivity contribution in [2.24, 2.45) is 0 Å². The number of anilines is 6. The van der Waals surface area contributed by atoms with Crippen molar-refractivity contribution in [2.75, 3.05) is 71.5 Å². The molecule has 0 aliphatic carbocycles. The third-order valence-electron chi connectivity index (χ3n) is 20.2. The van der Waals surface area contributed by atoms with Crippen molar-refractivity contribution in [1.82, 2.24) is 0 Å². The summed E-state index contributed by atoms with van der Waals surface area (Å²) in [5, 5.41) is 16.8. The molecule has 0 aromatic heterocycles. The number of nitrogens with one attached hydrogen (secondary N) is 6. The number of halogens is 4. The molecule has 0 saturated carbocycles. The minimum Gasteiger partial charge on any atom is -0.489 e. The lowest BCUT2D eigenvalue weighted by molar-refractivity contribution is 0.167. The summed E-state index contributed by atoms with van der Waals surface area (Å²) in [6, 6.07) is 70.4. The van der Waals surface area contributed by atoms with Crippen LogP contribution in [0.15, 0.2) is 229 Å². The Bertz CT molecular complexity index is 5320. The van der Waals surface area contributed by atoms with Crippen LogP contribution in [0.1, 0.15) is 147 Å². The fraction of sp³-hybridized carbons (Fsp3) is 0.284. The first-order valence-electron chi connectivity index (χ1n) is 44.7. The lowest BCUT2D eigenvalue weighted by Gasteiger charge is -2.15.